The molecule has 4 nitrogen and oxygen atoms in total. The number of hydrogen-bond donors (Lipinski definition) is 1. The highest BCUT2D eigenvalue weighted by atomic mass is 16.5. The zero-order chi connectivity index (χ0) is 15.5. The summed E-state index contributed by atoms with van der Waals surface area (Å²) >= 11 is 0. The van der Waals surface area contributed by atoms with Crippen molar-refractivity contribution in [2.75, 3.05) is 32.9 Å². The number of carbonyl (C=O) groups is 1. The molecule has 1 N–H and O–H groups in total. The normalized spacial score (nSPS) is 28.7. The Morgan fingerprint density at radius 1 is 1.24 bits per heavy atom. The van der Waals surface area contributed by atoms with E-state index < -0.39 is 0 Å². The Morgan fingerprint density at radius 2 is 1.90 bits per heavy atom. The van der Waals surface area contributed by atoms with Gasteiger partial charge in [-0.3, -0.25) is 4.79 Å². The molecular weight excluding hydrogens is 266 g/mol. The summed E-state index contributed by atoms with van der Waals surface area (Å²) in [7, 11) is 0. The minimum absolute atomic E-state index is 0.0661. The summed E-state index contributed by atoms with van der Waals surface area (Å²) in [6.45, 7) is 9.87. The van der Waals surface area contributed by atoms with Crippen molar-refractivity contribution >= 4 is 5.91 Å². The molecule has 4 heteroatoms. The first-order chi connectivity index (χ1) is 9.90. The average Bonchev–Trinajstić information content (AvgIpc) is 2.45. The van der Waals surface area contributed by atoms with Crippen molar-refractivity contribution < 1.29 is 14.6 Å². The maximum atomic E-state index is 12.3. The van der Waals surface area contributed by atoms with Crippen molar-refractivity contribution in [3.63, 3.8) is 0 Å². The van der Waals surface area contributed by atoms with Crippen molar-refractivity contribution in [3.05, 3.63) is 0 Å². The number of piperidine rings is 1. The van der Waals surface area contributed by atoms with Crippen molar-refractivity contribution in [1.82, 2.24) is 4.90 Å². The van der Waals surface area contributed by atoms with Crippen LogP contribution in [0.2, 0.25) is 0 Å². The highest BCUT2D eigenvalue weighted by Gasteiger charge is 2.35. The molecular formula is C17H31NO3. The van der Waals surface area contributed by atoms with Gasteiger partial charge in [0.15, 0.2) is 0 Å². The van der Waals surface area contributed by atoms with Crippen LogP contribution in [0.1, 0.15) is 46.5 Å². The van der Waals surface area contributed by atoms with Crippen LogP contribution >= 0.6 is 0 Å². The second-order valence-corrected chi connectivity index (χ2v) is 7.93. The Labute approximate surface area is 128 Å². The summed E-state index contributed by atoms with van der Waals surface area (Å²) in [4.78, 5) is 14.3. The molecule has 0 aromatic rings. The number of aliphatic hydroxyl groups is 1. The smallest absolute Gasteiger partial charge is 0.223 e. The monoisotopic (exact) mass is 297 g/mol. The Bertz CT molecular complexity index is 342. The van der Waals surface area contributed by atoms with Crippen LogP contribution in [0.3, 0.4) is 0 Å². The number of amides is 1. The van der Waals surface area contributed by atoms with E-state index in [-0.39, 0.29) is 12.0 Å². The number of carbonyl (C=O) groups excluding carboxylic acids is 1. The van der Waals surface area contributed by atoms with E-state index in [9.17, 15) is 9.90 Å². The molecule has 0 spiro atoms. The van der Waals surface area contributed by atoms with Crippen LogP contribution in [-0.4, -0.2) is 48.8 Å². The second-order valence-electron chi connectivity index (χ2n) is 7.93. The first-order valence-corrected chi connectivity index (χ1v) is 8.37. The number of aliphatic hydroxyl groups excluding tert-OH is 1. The molecule has 1 amide bonds. The maximum absolute atomic E-state index is 12.3. The minimum atomic E-state index is 0.0661. The van der Waals surface area contributed by atoms with Crippen molar-refractivity contribution in [2.45, 2.75) is 46.5 Å². The predicted molar refractivity (Wildman–Crippen MR) is 82.9 cm³/mol. The summed E-state index contributed by atoms with van der Waals surface area (Å²) < 4.78 is 5.48. The van der Waals surface area contributed by atoms with E-state index >= 15 is 0 Å². The Morgan fingerprint density at radius 3 is 2.48 bits per heavy atom. The van der Waals surface area contributed by atoms with E-state index in [1.807, 2.05) is 4.90 Å². The zero-order valence-corrected chi connectivity index (χ0v) is 13.8. The molecule has 2 heterocycles. The molecule has 0 radical (unpaired) electrons. The lowest BCUT2D eigenvalue weighted by Crippen LogP contribution is -2.44. The third kappa shape index (κ3) is 4.68. The summed E-state index contributed by atoms with van der Waals surface area (Å²) in [5.74, 6) is 1.81. The molecule has 2 saturated heterocycles. The molecule has 0 saturated carbocycles. The van der Waals surface area contributed by atoms with Crippen LogP contribution < -0.4 is 0 Å². The van der Waals surface area contributed by atoms with Gasteiger partial charge < -0.3 is 14.7 Å². The number of ether oxygens (including phenoxy) is 1. The van der Waals surface area contributed by atoms with Gasteiger partial charge in [0.1, 0.15) is 0 Å². The fraction of sp³-hybridized carbons (Fsp3) is 0.941. The molecule has 2 aliphatic rings. The van der Waals surface area contributed by atoms with Crippen LogP contribution in [0.4, 0.5) is 0 Å². The largest absolute Gasteiger partial charge is 0.396 e. The molecule has 21 heavy (non-hydrogen) atoms. The maximum Gasteiger partial charge on any atom is 0.223 e. The van der Waals surface area contributed by atoms with Gasteiger partial charge in [-0.25, -0.2) is 0 Å². The fourth-order valence-electron chi connectivity index (χ4n) is 3.76. The van der Waals surface area contributed by atoms with Gasteiger partial charge in [-0.15, -0.1) is 0 Å². The summed E-state index contributed by atoms with van der Waals surface area (Å²) in [5, 5.41) is 9.52. The molecule has 2 fully saturated rings. The Kier molecular flexibility index (Phi) is 5.67. The number of nitrogens with zero attached hydrogens (tertiary/aromatic N) is 1. The molecule has 2 atom stereocenters. The van der Waals surface area contributed by atoms with Gasteiger partial charge >= 0.3 is 0 Å². The molecule has 0 aromatic heterocycles. The lowest BCUT2D eigenvalue weighted by atomic mass is 9.74. The lowest BCUT2D eigenvalue weighted by Gasteiger charge is -2.41. The fourth-order valence-corrected chi connectivity index (χ4v) is 3.76. The van der Waals surface area contributed by atoms with Gasteiger partial charge in [-0.2, -0.15) is 0 Å². The van der Waals surface area contributed by atoms with Gasteiger partial charge in [0.25, 0.3) is 0 Å². The molecule has 122 valence electrons. The predicted octanol–water partition coefficient (Wildman–Crippen LogP) is 2.31. The van der Waals surface area contributed by atoms with Crippen LogP contribution in [0.25, 0.3) is 0 Å². The SMILES string of the molecule is CC(C)(C)CC(=O)N1CCC(C2CCOC[C@@H]2CO)CC1. The van der Waals surface area contributed by atoms with E-state index in [4.69, 9.17) is 4.74 Å². The zero-order valence-electron chi connectivity index (χ0n) is 13.8. The third-order valence-electron chi connectivity index (χ3n) is 4.95. The van der Waals surface area contributed by atoms with Crippen LogP contribution in [-0.2, 0) is 9.53 Å². The van der Waals surface area contributed by atoms with Crippen LogP contribution in [0.5, 0.6) is 0 Å². The number of hydrogen-bond acceptors (Lipinski definition) is 3. The summed E-state index contributed by atoms with van der Waals surface area (Å²) in [5.41, 5.74) is 0.0661. The van der Waals surface area contributed by atoms with E-state index in [0.29, 0.717) is 36.7 Å². The van der Waals surface area contributed by atoms with Crippen molar-refractivity contribution in [1.29, 1.82) is 0 Å². The van der Waals surface area contributed by atoms with Crippen LogP contribution in [0, 0.1) is 23.2 Å². The van der Waals surface area contributed by atoms with Gasteiger partial charge in [-0.1, -0.05) is 20.8 Å². The van der Waals surface area contributed by atoms with Crippen molar-refractivity contribution in [3.8, 4) is 0 Å². The topological polar surface area (TPSA) is 49.8 Å². The standard InChI is InChI=1S/C17H31NO3/c1-17(2,3)10-16(20)18-7-4-13(5-8-18)15-6-9-21-12-14(15)11-19/h13-15,19H,4-12H2,1-3H3/t14-,15?/m0/s1. The lowest BCUT2D eigenvalue weighted by molar-refractivity contribution is -0.135. The highest BCUT2D eigenvalue weighted by molar-refractivity contribution is 5.76. The van der Waals surface area contributed by atoms with Gasteiger partial charge in [0.2, 0.25) is 5.91 Å². The van der Waals surface area contributed by atoms with E-state index in [1.54, 1.807) is 0 Å². The number of rotatable bonds is 3. The average molecular weight is 297 g/mol. The van der Waals surface area contributed by atoms with Crippen LogP contribution in [0.15, 0.2) is 0 Å². The quantitative estimate of drug-likeness (QED) is 0.869. The highest BCUT2D eigenvalue weighted by Crippen LogP contribution is 2.35. The third-order valence-corrected chi connectivity index (χ3v) is 4.95. The molecule has 2 aliphatic heterocycles. The Hall–Kier alpha value is -0.610. The second kappa shape index (κ2) is 7.10. The molecule has 0 aliphatic carbocycles. The summed E-state index contributed by atoms with van der Waals surface area (Å²) in [6, 6.07) is 0. The summed E-state index contributed by atoms with van der Waals surface area (Å²) in [6.07, 6.45) is 3.86. The van der Waals surface area contributed by atoms with Gasteiger partial charge in [-0.05, 0) is 36.5 Å². The van der Waals surface area contributed by atoms with Crippen molar-refractivity contribution in [2.24, 2.45) is 23.2 Å². The molecule has 0 bridgehead atoms. The van der Waals surface area contributed by atoms with Gasteiger partial charge in [0, 0.05) is 38.6 Å². The van der Waals surface area contributed by atoms with Gasteiger partial charge in [0.05, 0.1) is 6.61 Å². The molecule has 0 aromatic carbocycles. The van der Waals surface area contributed by atoms with E-state index in [2.05, 4.69) is 20.8 Å². The molecule has 2 rings (SSSR count). The molecule has 1 unspecified atom stereocenters. The minimum Gasteiger partial charge on any atom is -0.396 e. The van der Waals surface area contributed by atoms with E-state index in [1.165, 1.54) is 0 Å². The number of likely N-dealkylation sites (tertiary alicyclic amines) is 1. The first-order valence-electron chi connectivity index (χ1n) is 8.37. The van der Waals surface area contributed by atoms with E-state index in [0.717, 1.165) is 39.0 Å². The first kappa shape index (κ1) is 16.8. The Balaban J connectivity index is 1.83.